The maximum absolute atomic E-state index is 11.2. The van der Waals surface area contributed by atoms with E-state index in [2.05, 4.69) is 15.7 Å². The highest BCUT2D eigenvalue weighted by atomic mass is 35.5. The van der Waals surface area contributed by atoms with E-state index in [1.54, 1.807) is 19.2 Å². The van der Waals surface area contributed by atoms with Gasteiger partial charge in [0.25, 0.3) is 0 Å². The second kappa shape index (κ2) is 6.39. The van der Waals surface area contributed by atoms with Gasteiger partial charge in [0.2, 0.25) is 5.91 Å². The Bertz CT molecular complexity index is 398. The number of anilines is 1. The molecule has 0 fully saturated rings. The van der Waals surface area contributed by atoms with E-state index < -0.39 is 0 Å². The minimum absolute atomic E-state index is 0.0586. The van der Waals surface area contributed by atoms with Crippen molar-refractivity contribution in [2.24, 2.45) is 5.84 Å². The normalized spacial score (nSPS) is 10.4. The van der Waals surface area contributed by atoms with E-state index in [0.717, 1.165) is 0 Å². The zero-order valence-corrected chi connectivity index (χ0v) is 10.6. The number of halogens is 1. The van der Waals surface area contributed by atoms with Gasteiger partial charge in [-0.15, -0.1) is 0 Å². The average Bonchev–Trinajstić information content (AvgIpc) is 2.31. The summed E-state index contributed by atoms with van der Waals surface area (Å²) >= 11 is 6.01. The van der Waals surface area contributed by atoms with Crippen molar-refractivity contribution in [3.63, 3.8) is 0 Å². The molecule has 0 aliphatic heterocycles. The average molecular weight is 258 g/mol. The van der Waals surface area contributed by atoms with Crippen molar-refractivity contribution in [2.75, 3.05) is 26.1 Å². The van der Waals surface area contributed by atoms with Gasteiger partial charge < -0.3 is 10.7 Å². The summed E-state index contributed by atoms with van der Waals surface area (Å²) in [6, 6.07) is 3.40. The molecule has 0 aromatic carbocycles. The summed E-state index contributed by atoms with van der Waals surface area (Å²) < 4.78 is 0. The summed E-state index contributed by atoms with van der Waals surface area (Å²) in [6.45, 7) is 0.760. The largest absolute Gasteiger partial charge is 0.358 e. The fraction of sp³-hybridized carbons (Fsp3) is 0.400. The number of rotatable bonds is 5. The van der Waals surface area contributed by atoms with Crippen LogP contribution in [-0.4, -0.2) is 36.4 Å². The molecule has 4 N–H and O–H groups in total. The van der Waals surface area contributed by atoms with E-state index in [0.29, 0.717) is 23.1 Å². The standard InChI is InChI=1S/C10H16ClN5O/c1-13-10(17)6-16(2)5-8-7(11)3-4-9(14-8)15-12/h3-4H,5-6,12H2,1-2H3,(H,13,17)(H,14,15). The van der Waals surface area contributed by atoms with Gasteiger partial charge in [0.05, 0.1) is 17.3 Å². The van der Waals surface area contributed by atoms with Crippen LogP contribution < -0.4 is 16.6 Å². The van der Waals surface area contributed by atoms with Crippen LogP contribution in [0, 0.1) is 0 Å². The molecule has 17 heavy (non-hydrogen) atoms. The molecule has 0 bridgehead atoms. The van der Waals surface area contributed by atoms with E-state index >= 15 is 0 Å². The molecule has 0 saturated carbocycles. The number of hydrogen-bond acceptors (Lipinski definition) is 5. The lowest BCUT2D eigenvalue weighted by Gasteiger charge is -2.16. The van der Waals surface area contributed by atoms with Crippen LogP contribution in [0.1, 0.15) is 5.69 Å². The molecule has 6 nitrogen and oxygen atoms in total. The van der Waals surface area contributed by atoms with Crippen molar-refractivity contribution >= 4 is 23.3 Å². The molecule has 1 aromatic rings. The highest BCUT2D eigenvalue weighted by molar-refractivity contribution is 6.31. The molecule has 0 aliphatic rings. The summed E-state index contributed by atoms with van der Waals surface area (Å²) in [6.07, 6.45) is 0. The number of pyridine rings is 1. The van der Waals surface area contributed by atoms with Crippen LogP contribution in [0.15, 0.2) is 12.1 Å². The molecule has 94 valence electrons. The third-order valence-corrected chi connectivity index (χ3v) is 2.52. The number of hydrazine groups is 1. The second-order valence-electron chi connectivity index (χ2n) is 3.61. The van der Waals surface area contributed by atoms with Gasteiger partial charge in [0, 0.05) is 13.6 Å². The molecule has 0 unspecified atom stereocenters. The minimum Gasteiger partial charge on any atom is -0.358 e. The predicted molar refractivity (Wildman–Crippen MR) is 67.5 cm³/mol. The highest BCUT2D eigenvalue weighted by Crippen LogP contribution is 2.17. The van der Waals surface area contributed by atoms with Crippen LogP contribution in [0.3, 0.4) is 0 Å². The fourth-order valence-electron chi connectivity index (χ4n) is 1.31. The van der Waals surface area contributed by atoms with E-state index in [1.165, 1.54) is 0 Å². The summed E-state index contributed by atoms with van der Waals surface area (Å²) in [5.74, 6) is 5.75. The van der Waals surface area contributed by atoms with Crippen LogP contribution in [0.5, 0.6) is 0 Å². The van der Waals surface area contributed by atoms with Gasteiger partial charge in [-0.3, -0.25) is 9.69 Å². The van der Waals surface area contributed by atoms with Gasteiger partial charge in [0.15, 0.2) is 0 Å². The van der Waals surface area contributed by atoms with Crippen LogP contribution in [0.4, 0.5) is 5.82 Å². The van der Waals surface area contributed by atoms with Gasteiger partial charge in [-0.2, -0.15) is 0 Å². The Morgan fingerprint density at radius 2 is 2.29 bits per heavy atom. The van der Waals surface area contributed by atoms with Gasteiger partial charge in [0.1, 0.15) is 5.82 Å². The molecule has 1 amide bonds. The Morgan fingerprint density at radius 1 is 1.59 bits per heavy atom. The molecular weight excluding hydrogens is 242 g/mol. The summed E-state index contributed by atoms with van der Waals surface area (Å²) in [5.41, 5.74) is 3.13. The number of carbonyl (C=O) groups excluding carboxylic acids is 1. The minimum atomic E-state index is -0.0586. The smallest absolute Gasteiger partial charge is 0.233 e. The van der Waals surface area contributed by atoms with Crippen molar-refractivity contribution < 1.29 is 4.79 Å². The Morgan fingerprint density at radius 3 is 2.88 bits per heavy atom. The number of hydrogen-bond donors (Lipinski definition) is 3. The Kier molecular flexibility index (Phi) is 5.14. The molecule has 7 heteroatoms. The maximum atomic E-state index is 11.2. The topological polar surface area (TPSA) is 83.3 Å². The summed E-state index contributed by atoms with van der Waals surface area (Å²) in [4.78, 5) is 17.2. The number of nitrogens with one attached hydrogen (secondary N) is 2. The van der Waals surface area contributed by atoms with E-state index in [9.17, 15) is 4.79 Å². The van der Waals surface area contributed by atoms with Crippen molar-refractivity contribution in [1.82, 2.24) is 15.2 Å². The first kappa shape index (κ1) is 13.7. The van der Waals surface area contributed by atoms with Crippen LogP contribution >= 0.6 is 11.6 Å². The predicted octanol–water partition coefficient (Wildman–Crippen LogP) is 0.198. The van der Waals surface area contributed by atoms with Crippen molar-refractivity contribution in [2.45, 2.75) is 6.54 Å². The molecule has 1 rings (SSSR count). The molecule has 0 saturated heterocycles. The number of nitrogens with two attached hydrogens (primary N) is 1. The summed E-state index contributed by atoms with van der Waals surface area (Å²) in [7, 11) is 3.41. The van der Waals surface area contributed by atoms with Crippen molar-refractivity contribution in [3.8, 4) is 0 Å². The fourth-order valence-corrected chi connectivity index (χ4v) is 1.48. The molecule has 1 aromatic heterocycles. The molecular formula is C10H16ClN5O. The lowest BCUT2D eigenvalue weighted by molar-refractivity contribution is -0.121. The zero-order chi connectivity index (χ0) is 12.8. The number of nitrogen functional groups attached to an aromatic ring is 1. The van der Waals surface area contributed by atoms with Gasteiger partial charge >= 0.3 is 0 Å². The lowest BCUT2D eigenvalue weighted by atomic mass is 10.3. The maximum Gasteiger partial charge on any atom is 0.233 e. The third-order valence-electron chi connectivity index (χ3n) is 2.18. The lowest BCUT2D eigenvalue weighted by Crippen LogP contribution is -2.33. The van der Waals surface area contributed by atoms with Gasteiger partial charge in [-0.05, 0) is 19.2 Å². The van der Waals surface area contributed by atoms with Gasteiger partial charge in [-0.1, -0.05) is 11.6 Å². The highest BCUT2D eigenvalue weighted by Gasteiger charge is 2.09. The Balaban J connectivity index is 2.70. The Labute approximate surface area is 105 Å². The van der Waals surface area contributed by atoms with Crippen LogP contribution in [-0.2, 0) is 11.3 Å². The van der Waals surface area contributed by atoms with E-state index in [-0.39, 0.29) is 12.5 Å². The number of likely N-dealkylation sites (N-methyl/N-ethyl adjacent to an activating group) is 2. The number of carbonyl (C=O) groups is 1. The molecule has 0 atom stereocenters. The van der Waals surface area contributed by atoms with Crippen LogP contribution in [0.2, 0.25) is 5.02 Å². The van der Waals surface area contributed by atoms with Crippen molar-refractivity contribution in [1.29, 1.82) is 0 Å². The van der Waals surface area contributed by atoms with Crippen LogP contribution in [0.25, 0.3) is 0 Å². The molecule has 0 radical (unpaired) electrons. The quantitative estimate of drug-likeness (QED) is 0.518. The third kappa shape index (κ3) is 4.18. The monoisotopic (exact) mass is 257 g/mol. The van der Waals surface area contributed by atoms with E-state index in [4.69, 9.17) is 17.4 Å². The van der Waals surface area contributed by atoms with Crippen molar-refractivity contribution in [3.05, 3.63) is 22.8 Å². The second-order valence-corrected chi connectivity index (χ2v) is 4.02. The zero-order valence-electron chi connectivity index (χ0n) is 9.83. The summed E-state index contributed by atoms with van der Waals surface area (Å²) in [5, 5.41) is 3.10. The SMILES string of the molecule is CNC(=O)CN(C)Cc1nc(NN)ccc1Cl. The van der Waals surface area contributed by atoms with Gasteiger partial charge in [-0.25, -0.2) is 10.8 Å². The first-order chi connectivity index (χ1) is 8.06. The number of aromatic nitrogens is 1. The number of amides is 1. The molecule has 1 heterocycles. The first-order valence-corrected chi connectivity index (χ1v) is 5.45. The molecule has 0 spiro atoms. The number of nitrogens with zero attached hydrogens (tertiary/aromatic N) is 2. The first-order valence-electron chi connectivity index (χ1n) is 5.08. The Hall–Kier alpha value is -1.37. The van der Waals surface area contributed by atoms with E-state index in [1.807, 2.05) is 11.9 Å². The molecule has 0 aliphatic carbocycles.